The maximum absolute atomic E-state index is 16.0. The normalized spacial score (nSPS) is 23.1. The molecule has 3 fully saturated rings. The maximum Gasteiger partial charge on any atom is 0.458 e. The third-order valence-electron chi connectivity index (χ3n) is 9.95. The summed E-state index contributed by atoms with van der Waals surface area (Å²) < 4.78 is 111. The Labute approximate surface area is 300 Å². The largest absolute Gasteiger partial charge is 0.492 e. The fourth-order valence-corrected chi connectivity index (χ4v) is 7.19. The standard InChI is InChI=1S/C40H44F5NO6/c41-39(42,40(43,44)45)37-32-19-18-31(51-35-9-3-7-24-49-35)26-33(32)52-38(28-12-14-29(15-13-28)47-25-22-46-20-4-1-5-21-46)36(37)27-10-16-30(17-11-27)50-34-8-2-6-23-48-34/h10-19,26,34-35,38H,1-9,20-25H2. The Morgan fingerprint density at radius 1 is 0.673 bits per heavy atom. The van der Waals surface area contributed by atoms with Gasteiger partial charge in [0, 0.05) is 42.2 Å². The molecule has 52 heavy (non-hydrogen) atoms. The minimum atomic E-state index is -5.90. The van der Waals surface area contributed by atoms with Gasteiger partial charge >= 0.3 is 12.1 Å². The van der Waals surface area contributed by atoms with Crippen molar-refractivity contribution in [3.05, 3.63) is 83.4 Å². The number of rotatable bonds is 11. The summed E-state index contributed by atoms with van der Waals surface area (Å²) in [6.45, 7) is 4.38. The van der Waals surface area contributed by atoms with Crippen LogP contribution >= 0.6 is 0 Å². The predicted molar refractivity (Wildman–Crippen MR) is 185 cm³/mol. The highest BCUT2D eigenvalue weighted by Crippen LogP contribution is 2.56. The van der Waals surface area contributed by atoms with E-state index >= 15 is 8.78 Å². The Balaban J connectivity index is 1.26. The van der Waals surface area contributed by atoms with E-state index in [1.165, 1.54) is 36.8 Å². The van der Waals surface area contributed by atoms with E-state index in [-0.39, 0.29) is 28.2 Å². The van der Waals surface area contributed by atoms with E-state index in [1.807, 2.05) is 0 Å². The van der Waals surface area contributed by atoms with Crippen molar-refractivity contribution in [2.24, 2.45) is 0 Å². The molecule has 4 heterocycles. The van der Waals surface area contributed by atoms with Gasteiger partial charge in [-0.25, -0.2) is 0 Å². The molecule has 12 heteroatoms. The molecule has 3 saturated heterocycles. The molecule has 3 atom stereocenters. The van der Waals surface area contributed by atoms with Gasteiger partial charge in [0.1, 0.15) is 35.7 Å². The number of piperidine rings is 1. The van der Waals surface area contributed by atoms with E-state index in [1.54, 1.807) is 36.4 Å². The smallest absolute Gasteiger partial charge is 0.458 e. The zero-order chi connectivity index (χ0) is 36.1. The molecule has 0 aromatic heterocycles. The van der Waals surface area contributed by atoms with E-state index in [9.17, 15) is 13.2 Å². The van der Waals surface area contributed by atoms with Crippen LogP contribution in [0.15, 0.2) is 66.7 Å². The van der Waals surface area contributed by atoms with Crippen molar-refractivity contribution in [3.8, 4) is 23.0 Å². The number of fused-ring (bicyclic) bond motifs is 1. The lowest BCUT2D eigenvalue weighted by molar-refractivity contribution is -0.254. The second-order valence-corrected chi connectivity index (χ2v) is 13.7. The number of ether oxygens (including phenoxy) is 6. The van der Waals surface area contributed by atoms with E-state index in [4.69, 9.17) is 28.4 Å². The molecular formula is C40H44F5NO6. The fourth-order valence-electron chi connectivity index (χ4n) is 7.19. The van der Waals surface area contributed by atoms with Crippen LogP contribution in [0.4, 0.5) is 22.0 Å². The van der Waals surface area contributed by atoms with E-state index in [0.29, 0.717) is 49.7 Å². The second-order valence-electron chi connectivity index (χ2n) is 13.7. The molecule has 0 saturated carbocycles. The van der Waals surface area contributed by atoms with E-state index < -0.39 is 36.4 Å². The van der Waals surface area contributed by atoms with Crippen LogP contribution in [0.3, 0.4) is 0 Å². The minimum Gasteiger partial charge on any atom is -0.492 e. The Hall–Kier alpha value is -3.87. The van der Waals surface area contributed by atoms with Crippen LogP contribution in [0.5, 0.6) is 23.0 Å². The molecule has 0 amide bonds. The summed E-state index contributed by atoms with van der Waals surface area (Å²) in [5, 5.41) is 0. The molecule has 0 radical (unpaired) electrons. The van der Waals surface area contributed by atoms with Gasteiger partial charge in [0.25, 0.3) is 0 Å². The van der Waals surface area contributed by atoms with Crippen molar-refractivity contribution < 1.29 is 50.4 Å². The van der Waals surface area contributed by atoms with Crippen LogP contribution in [-0.2, 0) is 9.47 Å². The molecule has 0 N–H and O–H groups in total. The molecule has 3 aromatic rings. The van der Waals surface area contributed by atoms with Crippen molar-refractivity contribution >= 4 is 11.1 Å². The molecule has 4 aliphatic rings. The molecule has 3 aromatic carbocycles. The van der Waals surface area contributed by atoms with Crippen LogP contribution in [-0.4, -0.2) is 69.0 Å². The Morgan fingerprint density at radius 2 is 1.29 bits per heavy atom. The van der Waals surface area contributed by atoms with E-state index in [0.717, 1.165) is 58.2 Å². The molecule has 280 valence electrons. The molecule has 0 aliphatic carbocycles. The number of nitrogens with zero attached hydrogens (tertiary/aromatic N) is 1. The number of benzene rings is 3. The van der Waals surface area contributed by atoms with Gasteiger partial charge in [-0.15, -0.1) is 0 Å². The van der Waals surface area contributed by atoms with Crippen molar-refractivity contribution in [3.63, 3.8) is 0 Å². The van der Waals surface area contributed by atoms with Crippen molar-refractivity contribution in [2.75, 3.05) is 39.5 Å². The summed E-state index contributed by atoms with van der Waals surface area (Å²) in [4.78, 5) is 2.35. The van der Waals surface area contributed by atoms with Crippen LogP contribution in [0.25, 0.3) is 11.1 Å². The molecule has 7 nitrogen and oxygen atoms in total. The molecule has 0 spiro atoms. The molecule has 4 aliphatic heterocycles. The molecular weight excluding hydrogens is 685 g/mol. The highest BCUT2D eigenvalue weighted by atomic mass is 19.4. The topological polar surface area (TPSA) is 58.6 Å². The highest BCUT2D eigenvalue weighted by Gasteiger charge is 2.62. The first-order chi connectivity index (χ1) is 25.2. The average Bonchev–Trinajstić information content (AvgIpc) is 3.15. The number of hydrogen-bond acceptors (Lipinski definition) is 7. The molecule has 3 unspecified atom stereocenters. The third-order valence-corrected chi connectivity index (χ3v) is 9.95. The van der Waals surface area contributed by atoms with Crippen molar-refractivity contribution in [1.29, 1.82) is 0 Å². The molecule has 7 rings (SSSR count). The monoisotopic (exact) mass is 729 g/mol. The summed E-state index contributed by atoms with van der Waals surface area (Å²) in [6, 6.07) is 16.7. The van der Waals surface area contributed by atoms with Crippen molar-refractivity contribution in [2.45, 2.75) is 88.6 Å². The number of allylic oxidation sites excluding steroid dienone is 1. The lowest BCUT2D eigenvalue weighted by atomic mass is 9.82. The summed E-state index contributed by atoms with van der Waals surface area (Å²) in [7, 11) is 0. The quantitative estimate of drug-likeness (QED) is 0.182. The Kier molecular flexibility index (Phi) is 11.2. The lowest BCUT2D eigenvalue weighted by Gasteiger charge is -2.36. The minimum absolute atomic E-state index is 0.129. The van der Waals surface area contributed by atoms with Crippen LogP contribution in [0, 0.1) is 0 Å². The van der Waals surface area contributed by atoms with Gasteiger partial charge in [-0.3, -0.25) is 4.90 Å². The van der Waals surface area contributed by atoms with E-state index in [2.05, 4.69) is 4.90 Å². The number of hydrogen-bond donors (Lipinski definition) is 0. The number of alkyl halides is 5. The van der Waals surface area contributed by atoms with Crippen LogP contribution < -0.4 is 18.9 Å². The Morgan fingerprint density at radius 3 is 1.90 bits per heavy atom. The SMILES string of the molecule is FC(F)(F)C(F)(F)C1=C(c2ccc(OC3CCCCO3)cc2)C(c2ccc(OCCN3CCCCC3)cc2)Oc2cc(OC3CCCCO3)ccc21. The fraction of sp³-hybridized carbons (Fsp3) is 0.500. The van der Waals surface area contributed by atoms with Crippen molar-refractivity contribution in [1.82, 2.24) is 4.90 Å². The maximum atomic E-state index is 16.0. The zero-order valence-corrected chi connectivity index (χ0v) is 29.0. The van der Waals surface area contributed by atoms with Gasteiger partial charge in [0.05, 0.1) is 13.2 Å². The first kappa shape index (κ1) is 36.5. The van der Waals surface area contributed by atoms with Gasteiger partial charge < -0.3 is 28.4 Å². The predicted octanol–water partition coefficient (Wildman–Crippen LogP) is 9.60. The summed E-state index contributed by atoms with van der Waals surface area (Å²) >= 11 is 0. The van der Waals surface area contributed by atoms with Crippen LogP contribution in [0.1, 0.15) is 80.6 Å². The highest BCUT2D eigenvalue weighted by molar-refractivity contribution is 5.99. The average molecular weight is 730 g/mol. The number of likely N-dealkylation sites (tertiary alicyclic amines) is 1. The lowest BCUT2D eigenvalue weighted by Crippen LogP contribution is -2.39. The summed E-state index contributed by atoms with van der Waals surface area (Å²) in [6.07, 6.45) is 0.266. The first-order valence-corrected chi connectivity index (χ1v) is 18.3. The van der Waals surface area contributed by atoms with Gasteiger partial charge in [-0.2, -0.15) is 22.0 Å². The zero-order valence-electron chi connectivity index (χ0n) is 29.0. The van der Waals surface area contributed by atoms with Gasteiger partial charge in [0.2, 0.25) is 0 Å². The number of halogens is 5. The van der Waals surface area contributed by atoms with Gasteiger partial charge in [-0.05, 0) is 99.1 Å². The van der Waals surface area contributed by atoms with Crippen LogP contribution in [0.2, 0.25) is 0 Å². The molecule has 0 bridgehead atoms. The third kappa shape index (κ3) is 8.34. The summed E-state index contributed by atoms with van der Waals surface area (Å²) in [5.41, 5.74) is -1.36. The summed E-state index contributed by atoms with van der Waals surface area (Å²) in [5.74, 6) is -4.19. The Bertz CT molecular complexity index is 1660. The first-order valence-electron chi connectivity index (χ1n) is 18.3. The van der Waals surface area contributed by atoms with Gasteiger partial charge in [0.15, 0.2) is 12.6 Å². The second kappa shape index (κ2) is 16.0. The van der Waals surface area contributed by atoms with Gasteiger partial charge in [-0.1, -0.05) is 30.7 Å².